The molecule has 0 saturated heterocycles. The van der Waals surface area contributed by atoms with Crippen molar-refractivity contribution in [2.24, 2.45) is 0 Å². The van der Waals surface area contributed by atoms with E-state index in [0.29, 0.717) is 34.8 Å². The van der Waals surface area contributed by atoms with Crippen LogP contribution in [0, 0.1) is 0 Å². The van der Waals surface area contributed by atoms with Crippen molar-refractivity contribution in [3.8, 4) is 0 Å². The Morgan fingerprint density at radius 1 is 1.09 bits per heavy atom. The number of nitrogens with zero attached hydrogens (tertiary/aromatic N) is 1. The molecule has 1 aliphatic rings. The predicted octanol–water partition coefficient (Wildman–Crippen LogP) is 5.02. The van der Waals surface area contributed by atoms with Gasteiger partial charge in [-0.05, 0) is 56.7 Å². The molecule has 3 rings (SSSR count). The van der Waals surface area contributed by atoms with Gasteiger partial charge in [-0.2, -0.15) is 0 Å². The number of urea groups is 2. The van der Waals surface area contributed by atoms with Gasteiger partial charge < -0.3 is 20.7 Å². The van der Waals surface area contributed by atoms with Crippen molar-refractivity contribution in [3.05, 3.63) is 69.8 Å². The minimum Gasteiger partial charge on any atom is -0.463 e. The number of allylic oxidation sites excluding steroid dienone is 1. The molecule has 0 aromatic heterocycles. The zero-order chi connectivity index (χ0) is 23.3. The molecular weight excluding hydrogens is 476 g/mol. The second kappa shape index (κ2) is 10.3. The summed E-state index contributed by atoms with van der Waals surface area (Å²) in [6.45, 7) is 5.94. The van der Waals surface area contributed by atoms with E-state index >= 15 is 0 Å². The van der Waals surface area contributed by atoms with E-state index in [-0.39, 0.29) is 12.6 Å². The standard InChI is InChI=1S/C23H25BrN4O4/c1-4-28-14(3)19(21(29)32-5-2)20(27-23(28)31)15-8-6-10-17(12-15)25-22(30)26-18-11-7-9-16(24)13-18/h6-13,20H,4-5H2,1-3H3,(H,27,31)(H2,25,26,30). The minimum atomic E-state index is -0.695. The van der Waals surface area contributed by atoms with Gasteiger partial charge in [0.05, 0.1) is 18.2 Å². The number of nitrogens with one attached hydrogen (secondary N) is 3. The minimum absolute atomic E-state index is 0.222. The quantitative estimate of drug-likeness (QED) is 0.485. The fourth-order valence-electron chi connectivity index (χ4n) is 3.54. The van der Waals surface area contributed by atoms with Crippen molar-refractivity contribution in [3.63, 3.8) is 0 Å². The zero-order valence-corrected chi connectivity index (χ0v) is 19.7. The Labute approximate surface area is 195 Å². The van der Waals surface area contributed by atoms with Gasteiger partial charge in [-0.15, -0.1) is 0 Å². The van der Waals surface area contributed by atoms with Crippen molar-refractivity contribution < 1.29 is 19.1 Å². The van der Waals surface area contributed by atoms with Crippen LogP contribution in [0.5, 0.6) is 0 Å². The van der Waals surface area contributed by atoms with Crippen molar-refractivity contribution in [2.45, 2.75) is 26.8 Å². The van der Waals surface area contributed by atoms with E-state index in [0.717, 1.165) is 4.47 Å². The maximum absolute atomic E-state index is 12.7. The maximum atomic E-state index is 12.7. The first kappa shape index (κ1) is 23.3. The van der Waals surface area contributed by atoms with Crippen molar-refractivity contribution in [2.75, 3.05) is 23.8 Å². The molecule has 8 nitrogen and oxygen atoms in total. The number of halogens is 1. The lowest BCUT2D eigenvalue weighted by Gasteiger charge is -2.34. The molecule has 32 heavy (non-hydrogen) atoms. The molecule has 168 valence electrons. The number of esters is 1. The van der Waals surface area contributed by atoms with Gasteiger partial charge >= 0.3 is 18.0 Å². The van der Waals surface area contributed by atoms with Crippen LogP contribution in [0.1, 0.15) is 32.4 Å². The van der Waals surface area contributed by atoms with Crippen molar-refractivity contribution in [1.82, 2.24) is 10.2 Å². The van der Waals surface area contributed by atoms with E-state index in [1.54, 1.807) is 50.2 Å². The summed E-state index contributed by atoms with van der Waals surface area (Å²) in [5, 5.41) is 8.42. The summed E-state index contributed by atoms with van der Waals surface area (Å²) in [7, 11) is 0. The van der Waals surface area contributed by atoms with Crippen LogP contribution < -0.4 is 16.0 Å². The molecule has 2 aromatic carbocycles. The summed E-state index contributed by atoms with van der Waals surface area (Å²) < 4.78 is 6.09. The SMILES string of the molecule is CCOC(=O)C1=C(C)N(CC)C(=O)NC1c1cccc(NC(=O)Nc2cccc(Br)c2)c1. The zero-order valence-electron chi connectivity index (χ0n) is 18.1. The number of hydrogen-bond acceptors (Lipinski definition) is 4. The van der Waals surface area contributed by atoms with Crippen molar-refractivity contribution >= 4 is 45.3 Å². The molecule has 4 amide bonds. The Bertz CT molecular complexity index is 1070. The van der Waals surface area contributed by atoms with Crippen LogP contribution in [0.25, 0.3) is 0 Å². The smallest absolute Gasteiger partial charge is 0.338 e. The van der Waals surface area contributed by atoms with Gasteiger partial charge in [0, 0.05) is 28.1 Å². The second-order valence-corrected chi connectivity index (χ2v) is 7.98. The Balaban J connectivity index is 1.86. The van der Waals surface area contributed by atoms with Gasteiger partial charge in [-0.25, -0.2) is 14.4 Å². The third-order valence-electron chi connectivity index (χ3n) is 4.97. The lowest BCUT2D eigenvalue weighted by molar-refractivity contribution is -0.139. The highest BCUT2D eigenvalue weighted by Gasteiger charge is 2.35. The first-order chi connectivity index (χ1) is 15.3. The van der Waals surface area contributed by atoms with Crippen LogP contribution in [0.3, 0.4) is 0 Å². The highest BCUT2D eigenvalue weighted by Crippen LogP contribution is 2.32. The molecule has 0 spiro atoms. The second-order valence-electron chi connectivity index (χ2n) is 7.06. The largest absolute Gasteiger partial charge is 0.463 e. The Hall–Kier alpha value is -3.33. The summed E-state index contributed by atoms with van der Waals surface area (Å²) in [5.74, 6) is -0.487. The van der Waals surface area contributed by atoms with Crippen LogP contribution in [0.4, 0.5) is 21.0 Å². The number of hydrogen-bond donors (Lipinski definition) is 3. The van der Waals surface area contributed by atoms with Gasteiger partial charge in [0.25, 0.3) is 0 Å². The van der Waals surface area contributed by atoms with Gasteiger partial charge in [-0.1, -0.05) is 34.1 Å². The normalized spacial score (nSPS) is 15.8. The first-order valence-corrected chi connectivity index (χ1v) is 11.0. The molecule has 1 unspecified atom stereocenters. The van der Waals surface area contributed by atoms with Crippen molar-refractivity contribution in [1.29, 1.82) is 0 Å². The third-order valence-corrected chi connectivity index (χ3v) is 5.46. The molecule has 1 heterocycles. The fourth-order valence-corrected chi connectivity index (χ4v) is 3.94. The monoisotopic (exact) mass is 500 g/mol. The molecule has 0 aliphatic carbocycles. The topological polar surface area (TPSA) is 99.8 Å². The molecule has 3 N–H and O–H groups in total. The number of rotatable bonds is 6. The predicted molar refractivity (Wildman–Crippen MR) is 126 cm³/mol. The van der Waals surface area contributed by atoms with Crippen LogP contribution in [0.2, 0.25) is 0 Å². The van der Waals surface area contributed by atoms with Crippen LogP contribution >= 0.6 is 15.9 Å². The van der Waals surface area contributed by atoms with Crippen LogP contribution in [0.15, 0.2) is 64.3 Å². The Kier molecular flexibility index (Phi) is 7.53. The van der Waals surface area contributed by atoms with E-state index in [1.807, 2.05) is 19.1 Å². The molecule has 0 radical (unpaired) electrons. The molecule has 2 aromatic rings. The summed E-state index contributed by atoms with van der Waals surface area (Å²) in [5.41, 5.74) is 2.71. The average molecular weight is 501 g/mol. The summed E-state index contributed by atoms with van der Waals surface area (Å²) in [6, 6.07) is 12.8. The van der Waals surface area contributed by atoms with E-state index in [1.165, 1.54) is 4.90 Å². The highest BCUT2D eigenvalue weighted by molar-refractivity contribution is 9.10. The van der Waals surface area contributed by atoms with Gasteiger partial charge in [-0.3, -0.25) is 4.90 Å². The Morgan fingerprint density at radius 2 is 1.75 bits per heavy atom. The molecule has 0 saturated carbocycles. The molecule has 0 bridgehead atoms. The van der Waals surface area contributed by atoms with Crippen LogP contribution in [-0.2, 0) is 9.53 Å². The van der Waals surface area contributed by atoms with E-state index < -0.39 is 18.0 Å². The summed E-state index contributed by atoms with van der Waals surface area (Å²) in [6.07, 6.45) is 0. The number of carbonyl (C=O) groups is 3. The van der Waals surface area contributed by atoms with Gasteiger partial charge in [0.2, 0.25) is 0 Å². The highest BCUT2D eigenvalue weighted by atomic mass is 79.9. The number of anilines is 2. The van der Waals surface area contributed by atoms with Gasteiger partial charge in [0.1, 0.15) is 0 Å². The first-order valence-electron chi connectivity index (χ1n) is 10.2. The molecular formula is C23H25BrN4O4. The number of benzene rings is 2. The van der Waals surface area contributed by atoms with E-state index in [9.17, 15) is 14.4 Å². The molecule has 1 atom stereocenters. The summed E-state index contributed by atoms with van der Waals surface area (Å²) >= 11 is 3.37. The van der Waals surface area contributed by atoms with E-state index in [4.69, 9.17) is 4.74 Å². The maximum Gasteiger partial charge on any atom is 0.338 e. The molecule has 1 aliphatic heterocycles. The Morgan fingerprint density at radius 3 is 2.38 bits per heavy atom. The van der Waals surface area contributed by atoms with Crippen LogP contribution in [-0.4, -0.2) is 36.1 Å². The number of ether oxygens (including phenoxy) is 1. The fraction of sp³-hybridized carbons (Fsp3) is 0.261. The number of carbonyl (C=O) groups excluding carboxylic acids is 3. The lowest BCUT2D eigenvalue weighted by Crippen LogP contribution is -2.47. The van der Waals surface area contributed by atoms with Gasteiger partial charge in [0.15, 0.2) is 0 Å². The lowest BCUT2D eigenvalue weighted by atomic mass is 9.94. The van der Waals surface area contributed by atoms with E-state index in [2.05, 4.69) is 31.9 Å². The third kappa shape index (κ3) is 5.28. The summed E-state index contributed by atoms with van der Waals surface area (Å²) in [4.78, 5) is 39.2. The average Bonchev–Trinajstić information content (AvgIpc) is 2.74. The molecule has 0 fully saturated rings. The molecule has 9 heteroatoms. The number of amides is 4.